The molecule has 0 spiro atoms. The van der Waals surface area contributed by atoms with Gasteiger partial charge in [0, 0.05) is 0 Å². The summed E-state index contributed by atoms with van der Waals surface area (Å²) >= 11 is -16.2. The van der Waals surface area contributed by atoms with Crippen LogP contribution < -0.4 is 89.9 Å². The Balaban J connectivity index is 0.956. The Morgan fingerprint density at radius 1 is 0.136 bits per heavy atom. The van der Waals surface area contributed by atoms with Crippen LogP contribution >= 0.6 is 0 Å². The number of para-hydroxylation sites is 8. The molecule has 16 aromatic carbocycles. The zero-order chi connectivity index (χ0) is 72.8. The van der Waals surface area contributed by atoms with Gasteiger partial charge in [-0.2, -0.15) is 0 Å². The van der Waals surface area contributed by atoms with Crippen LogP contribution in [0.2, 0.25) is 0 Å². The molecule has 0 bridgehead atoms. The van der Waals surface area contributed by atoms with E-state index in [4.69, 9.17) is 4.98 Å². The van der Waals surface area contributed by atoms with Crippen molar-refractivity contribution in [1.29, 1.82) is 0 Å². The van der Waals surface area contributed by atoms with Crippen molar-refractivity contribution < 1.29 is 0 Å². The molecule has 0 unspecified atom stereocenters. The molecule has 0 N–H and O–H groups in total. The van der Waals surface area contributed by atoms with E-state index in [0.717, 1.165) is 68.5 Å². The number of aromatic nitrogens is 1. The van der Waals surface area contributed by atoms with Gasteiger partial charge in [-0.3, -0.25) is 0 Å². The monoisotopic (exact) mass is 1650 g/mol. The number of hydrogen-bond donors (Lipinski definition) is 0. The Hall–Kier alpha value is -12.0. The third-order valence-corrected chi connectivity index (χ3v) is 64.7. The maximum atomic E-state index is 6.99. The SMILES string of the molecule is c1cc[c]([Ge]2([c]3ccccc3)[c]3ccccc3N(c3cc(N4c5cccc[c]5[Ge]([c]5ccccc5)([c]5ccccc5)[c]5ccccc54)c(N4c5cccc[c]5[Ge]([c]5ccccc5)([c]5ccccc5)[c]5ccccc54)nc3N3c4cccc[c]4[Ge]([c]4ccccc4)([c]4ccccc4)[c]4ccccc43)c3cccc[c]32)cc1. The molecule has 17 aromatic rings. The van der Waals surface area contributed by atoms with E-state index in [-0.39, 0.29) is 0 Å². The molecule has 1 aromatic heterocycles. The second-order valence-corrected chi connectivity index (χ2v) is 60.4. The number of fused-ring (bicyclic) bond motifs is 8. The molecule has 9 heteroatoms. The van der Waals surface area contributed by atoms with E-state index in [1.165, 1.54) is 70.3 Å². The Labute approximate surface area is 653 Å². The second kappa shape index (κ2) is 27.0. The van der Waals surface area contributed by atoms with Crippen LogP contribution in [0.3, 0.4) is 0 Å². The van der Waals surface area contributed by atoms with E-state index in [1.54, 1.807) is 0 Å². The molecule has 0 amide bonds. The molecule has 21 rings (SSSR count). The van der Waals surface area contributed by atoms with Crippen LogP contribution in [0.25, 0.3) is 0 Å². The third kappa shape index (κ3) is 9.64. The zero-order valence-corrected chi connectivity index (χ0v) is 68.8. The normalized spacial score (nSPS) is 14.8. The number of hydrogen-bond acceptors (Lipinski definition) is 5. The first kappa shape index (κ1) is 66.3. The summed E-state index contributed by atoms with van der Waals surface area (Å²) in [5.74, 6) is 1.62. The summed E-state index contributed by atoms with van der Waals surface area (Å²) in [6.45, 7) is 0. The second-order valence-electron chi connectivity index (χ2n) is 29.1. The minimum atomic E-state index is -4.06. The number of pyridine rings is 1. The Morgan fingerprint density at radius 3 is 0.436 bits per heavy atom. The van der Waals surface area contributed by atoms with Crippen LogP contribution in [0.5, 0.6) is 0 Å². The van der Waals surface area contributed by atoms with Gasteiger partial charge >= 0.3 is 659 Å². The Morgan fingerprint density at radius 2 is 0.273 bits per heavy atom. The minimum absolute atomic E-state index is 0.809. The molecule has 5 heterocycles. The summed E-state index contributed by atoms with van der Waals surface area (Å²) in [5, 5.41) is 0. The van der Waals surface area contributed by atoms with E-state index in [1.807, 2.05) is 0 Å². The fourth-order valence-corrected chi connectivity index (χ4v) is 62.6. The summed E-state index contributed by atoms with van der Waals surface area (Å²) in [6, 6.07) is 170. The van der Waals surface area contributed by atoms with E-state index in [2.05, 4.69) is 462 Å². The average molecular weight is 1650 g/mol. The molecule has 0 aliphatic carbocycles. The van der Waals surface area contributed by atoms with Gasteiger partial charge in [0.25, 0.3) is 0 Å². The summed E-state index contributed by atoms with van der Waals surface area (Å²) in [5.41, 5.74) is 10.9. The Bertz CT molecular complexity index is 5210. The summed E-state index contributed by atoms with van der Waals surface area (Å²) in [6.07, 6.45) is 0. The van der Waals surface area contributed by atoms with Gasteiger partial charge in [-0.15, -0.1) is 0 Å². The summed E-state index contributed by atoms with van der Waals surface area (Å²) in [7, 11) is 0. The van der Waals surface area contributed by atoms with Crippen LogP contribution in [0.4, 0.5) is 68.5 Å². The first-order valence-electron chi connectivity index (χ1n) is 38.1. The molecule has 0 radical (unpaired) electrons. The molecule has 5 nitrogen and oxygen atoms in total. The van der Waals surface area contributed by atoms with Crippen molar-refractivity contribution in [3.8, 4) is 0 Å². The maximum absolute atomic E-state index is 6.99. The molecule has 4 aliphatic rings. The quantitative estimate of drug-likeness (QED) is 0.114. The topological polar surface area (TPSA) is 25.9 Å². The van der Waals surface area contributed by atoms with Crippen LogP contribution in [0.1, 0.15) is 0 Å². The van der Waals surface area contributed by atoms with Gasteiger partial charge in [0.05, 0.1) is 0 Å². The molecule has 4 aliphatic heterocycles. The molecule has 518 valence electrons. The number of nitrogens with zero attached hydrogens (tertiary/aromatic N) is 5. The van der Waals surface area contributed by atoms with E-state index < -0.39 is 53.1 Å². The van der Waals surface area contributed by atoms with Crippen molar-refractivity contribution in [2.45, 2.75) is 0 Å². The van der Waals surface area contributed by atoms with Gasteiger partial charge in [-0.1, -0.05) is 0 Å². The van der Waals surface area contributed by atoms with Crippen molar-refractivity contribution in [3.05, 3.63) is 443 Å². The van der Waals surface area contributed by atoms with Crippen molar-refractivity contribution >= 4 is 192 Å². The number of benzene rings is 16. The predicted molar refractivity (Wildman–Crippen MR) is 472 cm³/mol. The first-order chi connectivity index (χ1) is 54.6. The molecule has 0 atom stereocenters. The van der Waals surface area contributed by atoms with Gasteiger partial charge < -0.3 is 0 Å². The van der Waals surface area contributed by atoms with E-state index in [9.17, 15) is 0 Å². The van der Waals surface area contributed by atoms with Crippen molar-refractivity contribution in [2.75, 3.05) is 19.6 Å². The van der Waals surface area contributed by atoms with E-state index in [0.29, 0.717) is 0 Å². The van der Waals surface area contributed by atoms with Crippen LogP contribution in [-0.4, -0.2) is 58.0 Å². The van der Waals surface area contributed by atoms with Gasteiger partial charge in [0.1, 0.15) is 0 Å². The van der Waals surface area contributed by atoms with Gasteiger partial charge in [0.15, 0.2) is 0 Å². The van der Waals surface area contributed by atoms with Crippen molar-refractivity contribution in [2.24, 2.45) is 0 Å². The van der Waals surface area contributed by atoms with Crippen molar-refractivity contribution in [1.82, 2.24) is 4.98 Å². The zero-order valence-electron chi connectivity index (χ0n) is 60.4. The summed E-state index contributed by atoms with van der Waals surface area (Å²) < 4.78 is 21.7. The standard InChI is InChI=1S/C101H73Ge4N5/c1-9-41-74(42-10-1)102(75-43-11-2-12-44-75)82-57-25-33-65-90(82)107(91-66-34-26-58-83(91)102)98-73-99(108-92-67-35-27-59-84(92)103(76-45-13-3-14-46-76,77-47-15-4-16-48-77)85-60-28-36-68-93(85)108)101(110-96-71-39-31-63-88(96)105(80-53-21-7-22-54-80,81-55-23-8-24-56-81)89-64-32-40-72-97(89)110)106-100(98)109-94-69-37-29-61-86(94)104(78-49-17-5-18-50-78,79-51-19-6-20-52-79)87-62-30-38-70-95(87)109/h1-73H. The molecule has 0 saturated heterocycles. The predicted octanol–water partition coefficient (Wildman–Crippen LogP) is 13.7. The van der Waals surface area contributed by atoms with Gasteiger partial charge in [0.2, 0.25) is 0 Å². The summed E-state index contributed by atoms with van der Waals surface area (Å²) in [4.78, 5) is 17.5. The van der Waals surface area contributed by atoms with Crippen LogP contribution in [-0.2, 0) is 0 Å². The molecular weight excluding hydrogens is 1570 g/mol. The number of rotatable bonds is 12. The molecule has 0 saturated carbocycles. The van der Waals surface area contributed by atoms with Gasteiger partial charge in [-0.25, -0.2) is 0 Å². The molecule has 0 fully saturated rings. The fourth-order valence-electron chi connectivity index (χ4n) is 19.8. The van der Waals surface area contributed by atoms with Gasteiger partial charge in [-0.05, 0) is 0 Å². The van der Waals surface area contributed by atoms with Crippen LogP contribution in [0, 0.1) is 0 Å². The molecule has 110 heavy (non-hydrogen) atoms. The van der Waals surface area contributed by atoms with Crippen molar-refractivity contribution in [3.63, 3.8) is 0 Å². The van der Waals surface area contributed by atoms with E-state index >= 15 is 0 Å². The number of anilines is 12. The fraction of sp³-hybridized carbons (Fsp3) is 0. The van der Waals surface area contributed by atoms with Crippen LogP contribution in [0.15, 0.2) is 443 Å². The molecular formula is C101H73Ge4N5. The first-order valence-corrected chi connectivity index (χ1v) is 54.9. The Kier molecular flexibility index (Phi) is 16.3. The third-order valence-electron chi connectivity index (χ3n) is 23.9. The average Bonchev–Trinajstić information content (AvgIpc) is 0.694.